The summed E-state index contributed by atoms with van der Waals surface area (Å²) in [6.45, 7) is 2.87. The molecule has 6 nitrogen and oxygen atoms in total. The Labute approximate surface area is 144 Å². The maximum atomic E-state index is 11.9. The molecule has 2 amide bonds. The van der Waals surface area contributed by atoms with Gasteiger partial charge in [-0.15, -0.1) is 0 Å². The van der Waals surface area contributed by atoms with Crippen LogP contribution in [0.15, 0.2) is 18.2 Å². The number of benzene rings is 1. The lowest BCUT2D eigenvalue weighted by atomic mass is 9.92. The summed E-state index contributed by atoms with van der Waals surface area (Å²) in [7, 11) is 0. The number of hydrogen-bond donors (Lipinski definition) is 3. The standard InChI is InChI=1S/C15H18Cl2N2O4/c1-3-4-12(20)18-8-13(21)19-15(2,14(22)23)9-5-6-10(16)11(17)7-9/h5-7H,3-4,8H2,1-2H3,(H,18,20)(H,19,21)(H,22,23). The first-order chi connectivity index (χ1) is 10.7. The monoisotopic (exact) mass is 360 g/mol. The topological polar surface area (TPSA) is 95.5 Å². The van der Waals surface area contributed by atoms with Crippen molar-refractivity contribution in [2.24, 2.45) is 0 Å². The van der Waals surface area contributed by atoms with Gasteiger partial charge in [-0.05, 0) is 31.0 Å². The van der Waals surface area contributed by atoms with Crippen LogP contribution in [-0.4, -0.2) is 29.4 Å². The van der Waals surface area contributed by atoms with Gasteiger partial charge in [-0.1, -0.05) is 36.2 Å². The van der Waals surface area contributed by atoms with E-state index in [2.05, 4.69) is 10.6 Å². The number of aliphatic carboxylic acids is 1. The zero-order valence-corrected chi connectivity index (χ0v) is 14.3. The quantitative estimate of drug-likeness (QED) is 0.695. The fourth-order valence-corrected chi connectivity index (χ4v) is 2.17. The van der Waals surface area contributed by atoms with Gasteiger partial charge in [-0.3, -0.25) is 9.59 Å². The molecule has 1 rings (SSSR count). The number of hydrogen-bond acceptors (Lipinski definition) is 3. The average Bonchev–Trinajstić information content (AvgIpc) is 2.48. The SMILES string of the molecule is CCCC(=O)NCC(=O)NC(C)(C(=O)O)c1ccc(Cl)c(Cl)c1. The van der Waals surface area contributed by atoms with Gasteiger partial charge < -0.3 is 15.7 Å². The first-order valence-corrected chi connectivity index (χ1v) is 7.73. The van der Waals surface area contributed by atoms with Crippen LogP contribution in [0.5, 0.6) is 0 Å². The molecule has 126 valence electrons. The van der Waals surface area contributed by atoms with Gasteiger partial charge in [0, 0.05) is 6.42 Å². The van der Waals surface area contributed by atoms with E-state index in [1.165, 1.54) is 25.1 Å². The van der Waals surface area contributed by atoms with Gasteiger partial charge in [-0.2, -0.15) is 0 Å². The van der Waals surface area contributed by atoms with Crippen molar-refractivity contribution in [2.75, 3.05) is 6.54 Å². The van der Waals surface area contributed by atoms with Crippen LogP contribution >= 0.6 is 23.2 Å². The van der Waals surface area contributed by atoms with Crippen molar-refractivity contribution >= 4 is 41.0 Å². The summed E-state index contributed by atoms with van der Waals surface area (Å²) in [5.74, 6) is -2.15. The number of nitrogens with one attached hydrogen (secondary N) is 2. The molecule has 1 aromatic carbocycles. The molecule has 1 aromatic rings. The Kier molecular flexibility index (Phi) is 6.84. The Morgan fingerprint density at radius 2 is 1.83 bits per heavy atom. The van der Waals surface area contributed by atoms with E-state index < -0.39 is 17.4 Å². The fraction of sp³-hybridized carbons (Fsp3) is 0.400. The molecule has 0 aliphatic carbocycles. The van der Waals surface area contributed by atoms with E-state index in [-0.39, 0.29) is 28.1 Å². The largest absolute Gasteiger partial charge is 0.479 e. The highest BCUT2D eigenvalue weighted by molar-refractivity contribution is 6.42. The lowest BCUT2D eigenvalue weighted by molar-refractivity contribution is -0.147. The number of carboxylic acid groups (broad SMARTS) is 1. The molecule has 1 unspecified atom stereocenters. The van der Waals surface area contributed by atoms with E-state index >= 15 is 0 Å². The highest BCUT2D eigenvalue weighted by atomic mass is 35.5. The van der Waals surface area contributed by atoms with Crippen LogP contribution in [0.4, 0.5) is 0 Å². The molecule has 0 aliphatic rings. The molecular formula is C15H18Cl2N2O4. The van der Waals surface area contributed by atoms with Crippen molar-refractivity contribution in [2.45, 2.75) is 32.2 Å². The van der Waals surface area contributed by atoms with Crippen LogP contribution < -0.4 is 10.6 Å². The van der Waals surface area contributed by atoms with E-state index in [0.717, 1.165) is 0 Å². The molecule has 3 N–H and O–H groups in total. The van der Waals surface area contributed by atoms with Gasteiger partial charge in [0.05, 0.1) is 16.6 Å². The Morgan fingerprint density at radius 1 is 1.17 bits per heavy atom. The van der Waals surface area contributed by atoms with Crippen molar-refractivity contribution in [1.82, 2.24) is 10.6 Å². The predicted molar refractivity (Wildman–Crippen MR) is 87.5 cm³/mol. The zero-order valence-electron chi connectivity index (χ0n) is 12.8. The predicted octanol–water partition coefficient (Wildman–Crippen LogP) is 2.33. The number of carbonyl (C=O) groups is 3. The molecule has 8 heteroatoms. The minimum absolute atomic E-state index is 0.183. The molecule has 0 aromatic heterocycles. The zero-order chi connectivity index (χ0) is 17.6. The Balaban J connectivity index is 2.89. The molecular weight excluding hydrogens is 343 g/mol. The van der Waals surface area contributed by atoms with Crippen LogP contribution in [0.25, 0.3) is 0 Å². The second-order valence-corrected chi connectivity index (χ2v) is 5.95. The molecule has 0 heterocycles. The molecule has 0 fully saturated rings. The summed E-state index contributed by atoms with van der Waals surface area (Å²) >= 11 is 11.7. The molecule has 0 saturated heterocycles. The van der Waals surface area contributed by atoms with Gasteiger partial charge in [0.25, 0.3) is 0 Å². The van der Waals surface area contributed by atoms with Gasteiger partial charge in [0.1, 0.15) is 0 Å². The number of rotatable bonds is 7. The van der Waals surface area contributed by atoms with Crippen molar-refractivity contribution in [3.05, 3.63) is 33.8 Å². The third-order valence-electron chi connectivity index (χ3n) is 3.24. The van der Waals surface area contributed by atoms with Crippen LogP contribution in [0.3, 0.4) is 0 Å². The Bertz CT molecular complexity index is 621. The van der Waals surface area contributed by atoms with Crippen molar-refractivity contribution in [1.29, 1.82) is 0 Å². The van der Waals surface area contributed by atoms with Gasteiger partial charge >= 0.3 is 5.97 Å². The first kappa shape index (κ1) is 19.3. The summed E-state index contributed by atoms with van der Waals surface area (Å²) in [4.78, 5) is 34.9. The lowest BCUT2D eigenvalue weighted by Crippen LogP contribution is -2.52. The smallest absolute Gasteiger partial charge is 0.333 e. The van der Waals surface area contributed by atoms with E-state index in [1.807, 2.05) is 6.92 Å². The van der Waals surface area contributed by atoms with Crippen molar-refractivity contribution in [3.8, 4) is 0 Å². The number of halogens is 2. The van der Waals surface area contributed by atoms with E-state index in [1.54, 1.807) is 0 Å². The first-order valence-electron chi connectivity index (χ1n) is 6.97. The summed E-state index contributed by atoms with van der Waals surface area (Å²) in [5, 5.41) is 14.8. The van der Waals surface area contributed by atoms with Crippen molar-refractivity contribution in [3.63, 3.8) is 0 Å². The molecule has 0 radical (unpaired) electrons. The van der Waals surface area contributed by atoms with Gasteiger partial charge in [-0.25, -0.2) is 4.79 Å². The highest BCUT2D eigenvalue weighted by Gasteiger charge is 2.37. The third kappa shape index (κ3) is 5.11. The summed E-state index contributed by atoms with van der Waals surface area (Å²) in [5.41, 5.74) is -1.42. The lowest BCUT2D eigenvalue weighted by Gasteiger charge is -2.27. The maximum Gasteiger partial charge on any atom is 0.333 e. The van der Waals surface area contributed by atoms with Crippen LogP contribution in [0.1, 0.15) is 32.3 Å². The van der Waals surface area contributed by atoms with Crippen LogP contribution in [-0.2, 0) is 19.9 Å². The number of amides is 2. The van der Waals surface area contributed by atoms with Gasteiger partial charge in [0.2, 0.25) is 11.8 Å². The van der Waals surface area contributed by atoms with Crippen molar-refractivity contribution < 1.29 is 19.5 Å². The minimum Gasteiger partial charge on any atom is -0.479 e. The normalized spacial score (nSPS) is 13.0. The second-order valence-electron chi connectivity index (χ2n) is 5.13. The van der Waals surface area contributed by atoms with Crippen LogP contribution in [0.2, 0.25) is 10.0 Å². The Morgan fingerprint density at radius 3 is 2.35 bits per heavy atom. The molecule has 1 atom stereocenters. The molecule has 0 saturated carbocycles. The van der Waals surface area contributed by atoms with Crippen LogP contribution in [0, 0.1) is 0 Å². The number of carboxylic acids is 1. The third-order valence-corrected chi connectivity index (χ3v) is 3.98. The van der Waals surface area contributed by atoms with E-state index in [0.29, 0.717) is 12.8 Å². The molecule has 0 aliphatic heterocycles. The number of carbonyl (C=O) groups excluding carboxylic acids is 2. The highest BCUT2D eigenvalue weighted by Crippen LogP contribution is 2.29. The second kappa shape index (κ2) is 8.17. The Hall–Kier alpha value is -1.79. The van der Waals surface area contributed by atoms with E-state index in [9.17, 15) is 19.5 Å². The maximum absolute atomic E-state index is 11.9. The molecule has 0 spiro atoms. The molecule has 0 bridgehead atoms. The minimum atomic E-state index is -1.69. The van der Waals surface area contributed by atoms with E-state index in [4.69, 9.17) is 23.2 Å². The van der Waals surface area contributed by atoms with Gasteiger partial charge in [0.15, 0.2) is 5.54 Å². The molecule has 23 heavy (non-hydrogen) atoms. The fourth-order valence-electron chi connectivity index (χ4n) is 1.87. The summed E-state index contributed by atoms with van der Waals surface area (Å²) in [6, 6.07) is 4.31. The summed E-state index contributed by atoms with van der Waals surface area (Å²) < 4.78 is 0. The average molecular weight is 361 g/mol. The summed E-state index contributed by atoms with van der Waals surface area (Å²) in [6.07, 6.45) is 0.958.